The molecule has 0 aromatic heterocycles. The Balaban J connectivity index is 2.20. The molecule has 0 radical (unpaired) electrons. The van der Waals surface area contributed by atoms with Crippen LogP contribution >= 0.6 is 11.6 Å². The second-order valence-electron chi connectivity index (χ2n) is 4.64. The first-order valence-electron chi connectivity index (χ1n) is 6.34. The van der Waals surface area contributed by atoms with Crippen molar-refractivity contribution in [2.75, 3.05) is 27.4 Å². The van der Waals surface area contributed by atoms with Gasteiger partial charge in [0, 0.05) is 18.6 Å². The second-order valence-corrected chi connectivity index (χ2v) is 5.04. The fraction of sp³-hybridized carbons (Fsp3) is 0.571. The van der Waals surface area contributed by atoms with E-state index in [-0.39, 0.29) is 6.04 Å². The van der Waals surface area contributed by atoms with Gasteiger partial charge in [-0.2, -0.15) is 0 Å². The van der Waals surface area contributed by atoms with Crippen molar-refractivity contribution < 1.29 is 9.47 Å². The Labute approximate surface area is 113 Å². The van der Waals surface area contributed by atoms with E-state index < -0.39 is 0 Å². The van der Waals surface area contributed by atoms with Crippen LogP contribution in [0.25, 0.3) is 0 Å². The fourth-order valence-electron chi connectivity index (χ4n) is 2.57. The molecule has 100 valence electrons. The molecule has 0 bridgehead atoms. The highest BCUT2D eigenvalue weighted by atomic mass is 35.5. The summed E-state index contributed by atoms with van der Waals surface area (Å²) in [5.74, 6) is 1.24. The number of hydrogen-bond acceptors (Lipinski definition) is 3. The highest BCUT2D eigenvalue weighted by Crippen LogP contribution is 2.33. The third kappa shape index (κ3) is 2.97. The SMILES string of the molecule is CNC(c1ccc(Cl)c(OC)c1)C1CCCOC1. The summed E-state index contributed by atoms with van der Waals surface area (Å²) in [5, 5.41) is 4.03. The van der Waals surface area contributed by atoms with Crippen LogP contribution in [0.1, 0.15) is 24.4 Å². The lowest BCUT2D eigenvalue weighted by molar-refractivity contribution is 0.0401. The molecule has 0 amide bonds. The first kappa shape index (κ1) is 13.7. The minimum absolute atomic E-state index is 0.288. The summed E-state index contributed by atoms with van der Waals surface area (Å²) >= 11 is 6.06. The van der Waals surface area contributed by atoms with Crippen LogP contribution in [0.3, 0.4) is 0 Å². The fourth-order valence-corrected chi connectivity index (χ4v) is 2.77. The van der Waals surface area contributed by atoms with E-state index in [1.165, 1.54) is 12.0 Å². The number of halogens is 1. The summed E-state index contributed by atoms with van der Waals surface area (Å²) in [6.45, 7) is 1.70. The standard InChI is InChI=1S/C14H20ClNO2/c1-16-14(11-4-3-7-18-9-11)10-5-6-12(15)13(8-10)17-2/h5-6,8,11,14,16H,3-4,7,9H2,1-2H3. The van der Waals surface area contributed by atoms with E-state index >= 15 is 0 Å². The summed E-state index contributed by atoms with van der Waals surface area (Å²) in [7, 11) is 3.63. The van der Waals surface area contributed by atoms with Crippen molar-refractivity contribution in [3.8, 4) is 5.75 Å². The van der Waals surface area contributed by atoms with E-state index in [1.54, 1.807) is 7.11 Å². The Morgan fingerprint density at radius 3 is 2.94 bits per heavy atom. The number of methoxy groups -OCH3 is 1. The van der Waals surface area contributed by atoms with Crippen molar-refractivity contribution in [2.45, 2.75) is 18.9 Å². The molecule has 1 heterocycles. The Morgan fingerprint density at radius 2 is 2.33 bits per heavy atom. The number of benzene rings is 1. The number of rotatable bonds is 4. The topological polar surface area (TPSA) is 30.5 Å². The second kappa shape index (κ2) is 6.41. The zero-order valence-electron chi connectivity index (χ0n) is 10.9. The van der Waals surface area contributed by atoms with Crippen LogP contribution < -0.4 is 10.1 Å². The van der Waals surface area contributed by atoms with Gasteiger partial charge in [0.2, 0.25) is 0 Å². The van der Waals surface area contributed by atoms with Gasteiger partial charge in [-0.1, -0.05) is 17.7 Å². The summed E-state index contributed by atoms with van der Waals surface area (Å²) in [5.41, 5.74) is 1.20. The first-order chi connectivity index (χ1) is 8.76. The maximum atomic E-state index is 6.06. The van der Waals surface area contributed by atoms with Gasteiger partial charge in [-0.25, -0.2) is 0 Å². The number of hydrogen-bond donors (Lipinski definition) is 1. The molecule has 0 aliphatic carbocycles. The van der Waals surface area contributed by atoms with Crippen LogP contribution in [0.5, 0.6) is 5.75 Å². The van der Waals surface area contributed by atoms with Crippen LogP contribution in [0, 0.1) is 5.92 Å². The van der Waals surface area contributed by atoms with Gasteiger partial charge in [0.15, 0.2) is 0 Å². The predicted molar refractivity (Wildman–Crippen MR) is 73.3 cm³/mol. The maximum Gasteiger partial charge on any atom is 0.137 e. The molecule has 4 heteroatoms. The molecule has 0 spiro atoms. The van der Waals surface area contributed by atoms with Gasteiger partial charge in [-0.15, -0.1) is 0 Å². The molecule has 1 aromatic carbocycles. The Hall–Kier alpha value is -0.770. The molecular formula is C14H20ClNO2. The van der Waals surface area contributed by atoms with Gasteiger partial charge < -0.3 is 14.8 Å². The highest BCUT2D eigenvalue weighted by Gasteiger charge is 2.24. The van der Waals surface area contributed by atoms with E-state index in [9.17, 15) is 0 Å². The number of ether oxygens (including phenoxy) is 2. The lowest BCUT2D eigenvalue weighted by atomic mass is 9.89. The average molecular weight is 270 g/mol. The normalized spacial score (nSPS) is 21.6. The van der Waals surface area contributed by atoms with Gasteiger partial charge >= 0.3 is 0 Å². The molecule has 1 saturated heterocycles. The zero-order chi connectivity index (χ0) is 13.0. The Kier molecular flexibility index (Phi) is 4.87. The molecule has 18 heavy (non-hydrogen) atoms. The van der Waals surface area contributed by atoms with Gasteiger partial charge in [-0.3, -0.25) is 0 Å². The van der Waals surface area contributed by atoms with Crippen LogP contribution in [-0.4, -0.2) is 27.4 Å². The lowest BCUT2D eigenvalue weighted by Gasteiger charge is -2.30. The molecular weight excluding hydrogens is 250 g/mol. The number of nitrogens with one attached hydrogen (secondary N) is 1. The Morgan fingerprint density at radius 1 is 1.50 bits per heavy atom. The third-order valence-electron chi connectivity index (χ3n) is 3.51. The molecule has 0 saturated carbocycles. The zero-order valence-corrected chi connectivity index (χ0v) is 11.7. The van der Waals surface area contributed by atoms with Crippen molar-refractivity contribution in [1.29, 1.82) is 0 Å². The predicted octanol–water partition coefficient (Wildman–Crippen LogP) is 3.04. The van der Waals surface area contributed by atoms with Crippen molar-refractivity contribution in [2.24, 2.45) is 5.92 Å². The van der Waals surface area contributed by atoms with Crippen LogP contribution in [0.2, 0.25) is 5.02 Å². The van der Waals surface area contributed by atoms with Crippen LogP contribution in [-0.2, 0) is 4.74 Å². The molecule has 1 N–H and O–H groups in total. The largest absolute Gasteiger partial charge is 0.495 e. The van der Waals surface area contributed by atoms with Gasteiger partial charge in [0.1, 0.15) is 5.75 Å². The van der Waals surface area contributed by atoms with E-state index in [1.807, 2.05) is 19.2 Å². The van der Waals surface area contributed by atoms with Crippen molar-refractivity contribution in [3.05, 3.63) is 28.8 Å². The maximum absolute atomic E-state index is 6.06. The van der Waals surface area contributed by atoms with Gasteiger partial charge in [-0.05, 0) is 37.6 Å². The summed E-state index contributed by atoms with van der Waals surface area (Å²) < 4.78 is 10.8. The van der Waals surface area contributed by atoms with Crippen LogP contribution in [0.4, 0.5) is 0 Å². The third-order valence-corrected chi connectivity index (χ3v) is 3.82. The lowest BCUT2D eigenvalue weighted by Crippen LogP contribution is -2.31. The average Bonchev–Trinajstić information content (AvgIpc) is 2.42. The van der Waals surface area contributed by atoms with Crippen molar-refractivity contribution >= 4 is 11.6 Å². The molecule has 3 nitrogen and oxygen atoms in total. The monoisotopic (exact) mass is 269 g/mol. The minimum Gasteiger partial charge on any atom is -0.495 e. The molecule has 1 fully saturated rings. The first-order valence-corrected chi connectivity index (χ1v) is 6.72. The van der Waals surface area contributed by atoms with E-state index in [0.717, 1.165) is 25.4 Å². The van der Waals surface area contributed by atoms with Gasteiger partial charge in [0.25, 0.3) is 0 Å². The minimum atomic E-state index is 0.288. The molecule has 2 unspecified atom stereocenters. The van der Waals surface area contributed by atoms with Gasteiger partial charge in [0.05, 0.1) is 18.7 Å². The quantitative estimate of drug-likeness (QED) is 0.911. The summed E-state index contributed by atoms with van der Waals surface area (Å²) in [6.07, 6.45) is 2.32. The molecule has 2 rings (SSSR count). The smallest absolute Gasteiger partial charge is 0.137 e. The molecule has 1 aromatic rings. The van der Waals surface area contributed by atoms with Crippen LogP contribution in [0.15, 0.2) is 18.2 Å². The molecule has 1 aliphatic rings. The summed E-state index contributed by atoms with van der Waals surface area (Å²) in [4.78, 5) is 0. The van der Waals surface area contributed by atoms with E-state index in [0.29, 0.717) is 10.9 Å². The summed E-state index contributed by atoms with van der Waals surface area (Å²) in [6, 6.07) is 6.25. The van der Waals surface area contributed by atoms with E-state index in [4.69, 9.17) is 21.1 Å². The highest BCUT2D eigenvalue weighted by molar-refractivity contribution is 6.32. The van der Waals surface area contributed by atoms with Crippen molar-refractivity contribution in [3.63, 3.8) is 0 Å². The molecule has 2 atom stereocenters. The van der Waals surface area contributed by atoms with Crippen molar-refractivity contribution in [1.82, 2.24) is 5.32 Å². The van der Waals surface area contributed by atoms with E-state index in [2.05, 4.69) is 11.4 Å². The molecule has 1 aliphatic heterocycles. The Bertz CT molecular complexity index is 391.